The maximum atomic E-state index is 10.9. The number of carbonyl (C=O) groups excluding carboxylic acids is 2. The molecule has 1 aliphatic rings. The van der Waals surface area contributed by atoms with Crippen LogP contribution in [0.2, 0.25) is 0 Å². The standard InChI is InChI=1S/C6H10N2O2/c1-4-2-3-5(9)8(4)6(7)10/h4H,2-3H2,1H3,(H2,7,10). The normalized spacial score (nSPS) is 25.5. The van der Waals surface area contributed by atoms with Crippen molar-refractivity contribution in [3.05, 3.63) is 0 Å². The molecule has 1 saturated heterocycles. The summed E-state index contributed by atoms with van der Waals surface area (Å²) >= 11 is 0. The van der Waals surface area contributed by atoms with Gasteiger partial charge in [0.25, 0.3) is 0 Å². The highest BCUT2D eigenvalue weighted by Crippen LogP contribution is 2.16. The van der Waals surface area contributed by atoms with Crippen LogP contribution in [0, 0.1) is 0 Å². The molecule has 1 atom stereocenters. The minimum absolute atomic E-state index is 0.00926. The first kappa shape index (κ1) is 7.05. The van der Waals surface area contributed by atoms with Gasteiger partial charge in [0.05, 0.1) is 0 Å². The molecule has 1 rings (SSSR count). The summed E-state index contributed by atoms with van der Waals surface area (Å²) in [6, 6.07) is -0.639. The third-order valence-corrected chi connectivity index (χ3v) is 1.72. The molecule has 0 aromatic carbocycles. The monoisotopic (exact) mass is 142 g/mol. The number of likely N-dealkylation sites (tertiary alicyclic amines) is 1. The van der Waals surface area contributed by atoms with E-state index in [1.165, 1.54) is 0 Å². The lowest BCUT2D eigenvalue weighted by molar-refractivity contribution is -0.125. The second-order valence-electron chi connectivity index (χ2n) is 2.49. The number of hydrogen-bond donors (Lipinski definition) is 1. The Bertz CT molecular complexity index is 179. The van der Waals surface area contributed by atoms with Crippen LogP contribution < -0.4 is 5.73 Å². The Morgan fingerprint density at radius 1 is 1.80 bits per heavy atom. The molecule has 10 heavy (non-hydrogen) atoms. The lowest BCUT2D eigenvalue weighted by atomic mass is 10.2. The van der Waals surface area contributed by atoms with Crippen molar-refractivity contribution in [3.8, 4) is 0 Å². The number of imide groups is 1. The third kappa shape index (κ3) is 0.964. The molecule has 2 N–H and O–H groups in total. The number of nitrogens with two attached hydrogens (primary N) is 1. The number of nitrogens with zero attached hydrogens (tertiary/aromatic N) is 1. The molecule has 0 aliphatic carbocycles. The highest BCUT2D eigenvalue weighted by molar-refractivity contribution is 5.95. The molecule has 4 nitrogen and oxygen atoms in total. The maximum absolute atomic E-state index is 10.9. The molecule has 1 aliphatic heterocycles. The van der Waals surface area contributed by atoms with Gasteiger partial charge >= 0.3 is 6.03 Å². The van der Waals surface area contributed by atoms with E-state index in [1.54, 1.807) is 0 Å². The molecule has 56 valence electrons. The minimum atomic E-state index is -0.630. The molecule has 1 unspecified atom stereocenters. The Hall–Kier alpha value is -1.06. The largest absolute Gasteiger partial charge is 0.351 e. The molecule has 0 aromatic rings. The first-order valence-electron chi connectivity index (χ1n) is 3.24. The van der Waals surface area contributed by atoms with Crippen LogP contribution >= 0.6 is 0 Å². The average molecular weight is 142 g/mol. The zero-order chi connectivity index (χ0) is 7.72. The van der Waals surface area contributed by atoms with Gasteiger partial charge < -0.3 is 5.73 Å². The second-order valence-corrected chi connectivity index (χ2v) is 2.49. The number of primary amides is 1. The Balaban J connectivity index is 2.72. The van der Waals surface area contributed by atoms with E-state index in [2.05, 4.69) is 0 Å². The van der Waals surface area contributed by atoms with Gasteiger partial charge in [-0.1, -0.05) is 0 Å². The van der Waals surface area contributed by atoms with Crippen molar-refractivity contribution in [3.63, 3.8) is 0 Å². The van der Waals surface area contributed by atoms with Gasteiger partial charge in [-0.05, 0) is 13.3 Å². The number of amides is 3. The molecule has 0 spiro atoms. The molecule has 0 aromatic heterocycles. The Morgan fingerprint density at radius 3 is 2.60 bits per heavy atom. The van der Waals surface area contributed by atoms with E-state index in [4.69, 9.17) is 5.73 Å². The summed E-state index contributed by atoms with van der Waals surface area (Å²) in [4.78, 5) is 22.5. The van der Waals surface area contributed by atoms with Crippen molar-refractivity contribution in [2.45, 2.75) is 25.8 Å². The van der Waals surface area contributed by atoms with Crippen molar-refractivity contribution in [1.29, 1.82) is 0 Å². The van der Waals surface area contributed by atoms with Gasteiger partial charge in [0.15, 0.2) is 0 Å². The van der Waals surface area contributed by atoms with Crippen molar-refractivity contribution < 1.29 is 9.59 Å². The van der Waals surface area contributed by atoms with Crippen LogP contribution in [-0.2, 0) is 4.79 Å². The first-order chi connectivity index (χ1) is 4.63. The van der Waals surface area contributed by atoms with Gasteiger partial charge in [-0.3, -0.25) is 9.69 Å². The molecule has 3 amide bonds. The van der Waals surface area contributed by atoms with E-state index in [0.29, 0.717) is 6.42 Å². The predicted molar refractivity (Wildman–Crippen MR) is 35.1 cm³/mol. The van der Waals surface area contributed by atoms with Gasteiger partial charge in [-0.15, -0.1) is 0 Å². The van der Waals surface area contributed by atoms with Crippen molar-refractivity contribution in [2.75, 3.05) is 0 Å². The summed E-state index contributed by atoms with van der Waals surface area (Å²) in [7, 11) is 0. The second kappa shape index (κ2) is 2.28. The van der Waals surface area contributed by atoms with Gasteiger partial charge in [0.2, 0.25) is 5.91 Å². The zero-order valence-electron chi connectivity index (χ0n) is 5.83. The first-order valence-corrected chi connectivity index (χ1v) is 3.24. The minimum Gasteiger partial charge on any atom is -0.351 e. The van der Waals surface area contributed by atoms with Gasteiger partial charge in [0.1, 0.15) is 0 Å². The number of rotatable bonds is 0. The number of urea groups is 1. The summed E-state index contributed by atoms with van der Waals surface area (Å²) in [5.74, 6) is -0.153. The summed E-state index contributed by atoms with van der Waals surface area (Å²) in [6.45, 7) is 1.82. The van der Waals surface area contributed by atoms with Gasteiger partial charge in [0, 0.05) is 12.5 Å². The fourth-order valence-corrected chi connectivity index (χ4v) is 1.17. The average Bonchev–Trinajstić information content (AvgIpc) is 2.11. The molecular weight excluding hydrogens is 132 g/mol. The van der Waals surface area contributed by atoms with Gasteiger partial charge in [-0.2, -0.15) is 0 Å². The topological polar surface area (TPSA) is 63.4 Å². The lowest BCUT2D eigenvalue weighted by Crippen LogP contribution is -2.40. The predicted octanol–water partition coefficient (Wildman–Crippen LogP) is 0.0760. The molecule has 4 heteroatoms. The molecule has 0 radical (unpaired) electrons. The summed E-state index contributed by atoms with van der Waals surface area (Å²) in [5, 5.41) is 0. The maximum Gasteiger partial charge on any atom is 0.321 e. The van der Waals surface area contributed by atoms with Crippen LogP contribution in [0.15, 0.2) is 0 Å². The molecule has 1 fully saturated rings. The van der Waals surface area contributed by atoms with E-state index < -0.39 is 6.03 Å². The van der Waals surface area contributed by atoms with Gasteiger partial charge in [-0.25, -0.2) is 4.79 Å². The van der Waals surface area contributed by atoms with Crippen LogP contribution in [0.25, 0.3) is 0 Å². The highest BCUT2D eigenvalue weighted by atomic mass is 16.2. The van der Waals surface area contributed by atoms with E-state index in [1.807, 2.05) is 6.92 Å². The summed E-state index contributed by atoms with van der Waals surface area (Å²) < 4.78 is 0. The number of carbonyl (C=O) groups is 2. The SMILES string of the molecule is CC1CCC(=O)N1C(N)=O. The van der Waals surface area contributed by atoms with E-state index in [0.717, 1.165) is 11.3 Å². The molecule has 0 saturated carbocycles. The molecule has 0 bridgehead atoms. The zero-order valence-corrected chi connectivity index (χ0v) is 5.83. The fourth-order valence-electron chi connectivity index (χ4n) is 1.17. The summed E-state index contributed by atoms with van der Waals surface area (Å²) in [5.41, 5.74) is 4.94. The Kier molecular flexibility index (Phi) is 1.61. The van der Waals surface area contributed by atoms with E-state index in [-0.39, 0.29) is 11.9 Å². The summed E-state index contributed by atoms with van der Waals surface area (Å²) in [6.07, 6.45) is 1.19. The van der Waals surface area contributed by atoms with Crippen LogP contribution in [0.4, 0.5) is 4.79 Å². The Labute approximate surface area is 59.0 Å². The molecule has 1 heterocycles. The van der Waals surface area contributed by atoms with E-state index in [9.17, 15) is 9.59 Å². The Morgan fingerprint density at radius 2 is 2.40 bits per heavy atom. The van der Waals surface area contributed by atoms with E-state index >= 15 is 0 Å². The van der Waals surface area contributed by atoms with Crippen LogP contribution in [-0.4, -0.2) is 22.9 Å². The quantitative estimate of drug-likeness (QED) is 0.520. The highest BCUT2D eigenvalue weighted by Gasteiger charge is 2.30. The smallest absolute Gasteiger partial charge is 0.321 e. The van der Waals surface area contributed by atoms with Crippen LogP contribution in [0.3, 0.4) is 0 Å². The van der Waals surface area contributed by atoms with Crippen molar-refractivity contribution in [1.82, 2.24) is 4.90 Å². The molecular formula is C6H10N2O2. The third-order valence-electron chi connectivity index (χ3n) is 1.72. The lowest BCUT2D eigenvalue weighted by Gasteiger charge is -2.15. The fraction of sp³-hybridized carbons (Fsp3) is 0.667. The van der Waals surface area contributed by atoms with Crippen molar-refractivity contribution in [2.24, 2.45) is 5.73 Å². The van der Waals surface area contributed by atoms with Crippen molar-refractivity contribution >= 4 is 11.9 Å². The van der Waals surface area contributed by atoms with Crippen LogP contribution in [0.1, 0.15) is 19.8 Å². The number of hydrogen-bond acceptors (Lipinski definition) is 2. The van der Waals surface area contributed by atoms with Crippen LogP contribution in [0.5, 0.6) is 0 Å².